The van der Waals surface area contributed by atoms with Crippen molar-refractivity contribution in [3.05, 3.63) is 86.8 Å². The third-order valence-corrected chi connectivity index (χ3v) is 8.65. The van der Waals surface area contributed by atoms with E-state index < -0.39 is 6.16 Å². The Kier molecular flexibility index (Phi) is 15.2. The molecule has 1 amide bonds. The number of ether oxygens (including phenoxy) is 2. The largest absolute Gasteiger partial charge is 0.520 e. The number of rotatable bonds is 18. The van der Waals surface area contributed by atoms with Crippen molar-refractivity contribution >= 4 is 75.7 Å². The number of hydrogen-bond acceptors (Lipinski definition) is 6. The van der Waals surface area contributed by atoms with E-state index in [2.05, 4.69) is 22.7 Å². The summed E-state index contributed by atoms with van der Waals surface area (Å²) in [5.41, 5.74) is 1.26. The lowest BCUT2D eigenvalue weighted by molar-refractivity contribution is -0.116. The van der Waals surface area contributed by atoms with Gasteiger partial charge in [-0.05, 0) is 48.9 Å². The third kappa shape index (κ3) is 11.9. The normalized spacial score (nSPS) is 10.9. The van der Waals surface area contributed by atoms with Gasteiger partial charge in [-0.1, -0.05) is 136 Å². The minimum atomic E-state index is -1.00. The lowest BCUT2D eigenvalue weighted by Gasteiger charge is -2.11. The molecule has 0 unspecified atom stereocenters. The first-order valence-corrected chi connectivity index (χ1v) is 17.8. The van der Waals surface area contributed by atoms with Crippen molar-refractivity contribution in [3.8, 4) is 17.3 Å². The quantitative estimate of drug-likeness (QED) is 0.0600. The number of para-hydroxylation sites is 1. The van der Waals surface area contributed by atoms with Gasteiger partial charge in [0.2, 0.25) is 11.8 Å². The monoisotopic (exact) mass is 732 g/mol. The van der Waals surface area contributed by atoms with Crippen molar-refractivity contribution in [3.63, 3.8) is 0 Å². The minimum absolute atomic E-state index is 0.0443. The smallest absolute Gasteiger partial charge is 0.395 e. The van der Waals surface area contributed by atoms with Crippen LogP contribution in [0.15, 0.2) is 66.7 Å². The molecule has 0 atom stereocenters. The Bertz CT molecular complexity index is 1630. The number of nitrogens with one attached hydrogen (secondary N) is 2. The van der Waals surface area contributed by atoms with E-state index in [0.29, 0.717) is 33.6 Å². The number of hydrogen-bond donors (Lipinski definition) is 2. The third-order valence-electron chi connectivity index (χ3n) is 7.52. The van der Waals surface area contributed by atoms with E-state index >= 15 is 0 Å². The number of benzene rings is 3. The van der Waals surface area contributed by atoms with Crippen molar-refractivity contribution in [2.75, 3.05) is 10.6 Å². The Morgan fingerprint density at radius 2 is 1.35 bits per heavy atom. The molecule has 48 heavy (non-hydrogen) atoms. The van der Waals surface area contributed by atoms with Crippen LogP contribution >= 0.6 is 46.4 Å². The lowest BCUT2D eigenvalue weighted by atomic mass is 10.1. The van der Waals surface area contributed by atoms with Crippen molar-refractivity contribution < 1.29 is 19.1 Å². The summed E-state index contributed by atoms with van der Waals surface area (Å²) in [7, 11) is 0. The van der Waals surface area contributed by atoms with Crippen LogP contribution in [-0.4, -0.2) is 21.8 Å². The maximum absolute atomic E-state index is 12.7. The second-order valence-corrected chi connectivity index (χ2v) is 13.1. The van der Waals surface area contributed by atoms with Gasteiger partial charge in [0, 0.05) is 23.2 Å². The van der Waals surface area contributed by atoms with Gasteiger partial charge < -0.3 is 20.1 Å². The van der Waals surface area contributed by atoms with Gasteiger partial charge in [0.05, 0.1) is 20.8 Å². The minimum Gasteiger partial charge on any atom is -0.395 e. The molecule has 4 rings (SSSR count). The summed E-state index contributed by atoms with van der Waals surface area (Å²) in [6.07, 6.45) is 12.9. The summed E-state index contributed by atoms with van der Waals surface area (Å²) in [5, 5.41) is 11.6. The van der Waals surface area contributed by atoms with E-state index in [-0.39, 0.29) is 33.3 Å². The van der Waals surface area contributed by atoms with Crippen LogP contribution in [0.4, 0.5) is 22.0 Å². The van der Waals surface area contributed by atoms with Crippen molar-refractivity contribution in [2.24, 2.45) is 0 Å². The molecule has 256 valence electrons. The predicted octanol–water partition coefficient (Wildman–Crippen LogP) is 12.4. The van der Waals surface area contributed by atoms with Gasteiger partial charge in [0.15, 0.2) is 5.82 Å². The molecule has 4 aromatic rings. The van der Waals surface area contributed by atoms with E-state index in [0.717, 1.165) is 19.3 Å². The Labute approximate surface area is 302 Å². The van der Waals surface area contributed by atoms with E-state index in [1.807, 2.05) is 0 Å². The second-order valence-electron chi connectivity index (χ2n) is 11.4. The Morgan fingerprint density at radius 3 is 2.00 bits per heavy atom. The highest BCUT2D eigenvalue weighted by Crippen LogP contribution is 2.37. The molecule has 0 saturated heterocycles. The van der Waals surface area contributed by atoms with Gasteiger partial charge in [0.1, 0.15) is 11.4 Å². The number of carbonyl (C=O) groups is 2. The molecule has 1 heterocycles. The average molecular weight is 735 g/mol. The fraction of sp³-hybridized carbons (Fsp3) is 0.361. The highest BCUT2D eigenvalue weighted by atomic mass is 35.5. The van der Waals surface area contributed by atoms with E-state index in [1.54, 1.807) is 48.5 Å². The summed E-state index contributed by atoms with van der Waals surface area (Å²) >= 11 is 25.6. The van der Waals surface area contributed by atoms with Crippen LogP contribution in [-0.2, 0) is 4.79 Å². The predicted molar refractivity (Wildman–Crippen MR) is 196 cm³/mol. The molecule has 2 N–H and O–H groups in total. The van der Waals surface area contributed by atoms with Gasteiger partial charge >= 0.3 is 6.16 Å². The van der Waals surface area contributed by atoms with Crippen molar-refractivity contribution in [1.29, 1.82) is 0 Å². The first-order valence-electron chi connectivity index (χ1n) is 16.3. The van der Waals surface area contributed by atoms with Crippen molar-refractivity contribution in [1.82, 2.24) is 9.78 Å². The lowest BCUT2D eigenvalue weighted by Crippen LogP contribution is -2.16. The molecule has 0 spiro atoms. The molecule has 0 aliphatic heterocycles. The van der Waals surface area contributed by atoms with Crippen LogP contribution < -0.4 is 20.1 Å². The Morgan fingerprint density at radius 1 is 0.729 bits per heavy atom. The summed E-state index contributed by atoms with van der Waals surface area (Å²) in [4.78, 5) is 25.4. The summed E-state index contributed by atoms with van der Waals surface area (Å²) in [5.74, 6) is 0.426. The highest BCUT2D eigenvalue weighted by molar-refractivity contribution is 6.40. The summed E-state index contributed by atoms with van der Waals surface area (Å²) < 4.78 is 12.1. The molecular formula is C36H40Cl4N4O4. The first-order chi connectivity index (χ1) is 23.2. The molecule has 0 saturated carbocycles. The zero-order valence-corrected chi connectivity index (χ0v) is 29.9. The Hall–Kier alpha value is -3.43. The fourth-order valence-electron chi connectivity index (χ4n) is 5.10. The van der Waals surface area contributed by atoms with Gasteiger partial charge in [-0.2, -0.15) is 4.68 Å². The highest BCUT2D eigenvalue weighted by Gasteiger charge is 2.21. The molecule has 0 aliphatic carbocycles. The van der Waals surface area contributed by atoms with Crippen molar-refractivity contribution in [2.45, 2.75) is 84.0 Å². The molecule has 0 aliphatic rings. The van der Waals surface area contributed by atoms with Gasteiger partial charge in [0.25, 0.3) is 0 Å². The van der Waals surface area contributed by atoms with Gasteiger partial charge in [-0.3, -0.25) is 4.79 Å². The maximum Gasteiger partial charge on any atom is 0.520 e. The molecule has 3 aromatic carbocycles. The van der Waals surface area contributed by atoms with Crippen LogP contribution in [0.25, 0.3) is 5.69 Å². The van der Waals surface area contributed by atoms with E-state index in [4.69, 9.17) is 55.9 Å². The van der Waals surface area contributed by atoms with Crippen LogP contribution in [0.1, 0.15) is 84.0 Å². The maximum atomic E-state index is 12.7. The van der Waals surface area contributed by atoms with E-state index in [1.165, 1.54) is 74.2 Å². The van der Waals surface area contributed by atoms with Gasteiger partial charge in [-0.15, -0.1) is 5.10 Å². The van der Waals surface area contributed by atoms with Crippen LogP contribution in [0.5, 0.6) is 11.6 Å². The molecule has 8 nitrogen and oxygen atoms in total. The zero-order chi connectivity index (χ0) is 34.3. The fourth-order valence-corrected chi connectivity index (χ4v) is 6.24. The van der Waals surface area contributed by atoms with E-state index in [9.17, 15) is 9.59 Å². The van der Waals surface area contributed by atoms with Crippen LogP contribution in [0.2, 0.25) is 20.1 Å². The second kappa shape index (κ2) is 19.5. The topological polar surface area (TPSA) is 94.5 Å². The number of unbranched alkanes of at least 4 members (excludes halogenated alkanes) is 10. The van der Waals surface area contributed by atoms with Crippen LogP contribution in [0, 0.1) is 0 Å². The number of aromatic nitrogens is 2. The molecular weight excluding hydrogens is 694 g/mol. The molecule has 0 radical (unpaired) electrons. The SMILES string of the molecule is CCCCCCCCCCCCCC(=O)Nc1ccc(Cl)c(Nc2cc(OC(=O)Oc3ccccc3)n(-c3c(Cl)cc(Cl)cc3Cl)n2)c1. The zero-order valence-electron chi connectivity index (χ0n) is 26.9. The number of anilines is 3. The molecule has 0 bridgehead atoms. The number of amides is 1. The number of halogens is 4. The van der Waals surface area contributed by atoms with Crippen LogP contribution in [0.3, 0.4) is 0 Å². The number of carbonyl (C=O) groups excluding carboxylic acids is 2. The Balaban J connectivity index is 1.38. The molecule has 1 aromatic heterocycles. The average Bonchev–Trinajstić information content (AvgIpc) is 3.42. The van der Waals surface area contributed by atoms with Gasteiger partial charge in [-0.25, -0.2) is 4.79 Å². The summed E-state index contributed by atoms with van der Waals surface area (Å²) in [6.45, 7) is 2.24. The molecule has 12 heteroatoms. The summed E-state index contributed by atoms with van der Waals surface area (Å²) in [6, 6.07) is 18.0. The number of nitrogens with zero attached hydrogens (tertiary/aromatic N) is 2. The standard InChI is InChI=1S/C36H40Cl4N4O4/c1-2-3-4-5-6-7-8-9-10-11-15-18-33(45)41-26-19-20-28(38)31(23-26)42-32-24-34(48-36(46)47-27-16-13-12-14-17-27)44(43-32)35-29(39)21-25(37)22-30(35)40/h12-14,16-17,19-24H,2-11,15,18H2,1H3,(H,41,45)(H,42,43). The molecule has 0 fully saturated rings. The first kappa shape index (κ1) is 37.4.